The summed E-state index contributed by atoms with van der Waals surface area (Å²) in [6, 6.07) is 9.67. The van der Waals surface area contributed by atoms with E-state index in [4.69, 9.17) is 4.74 Å². The molecule has 0 fully saturated rings. The normalized spacial score (nSPS) is 13.9. The number of nitrogens with zero attached hydrogens (tertiary/aromatic N) is 1. The molecule has 0 bridgehead atoms. The van der Waals surface area contributed by atoms with Gasteiger partial charge in [-0.1, -0.05) is 19.1 Å². The number of aliphatic hydroxyl groups excluding tert-OH is 1. The van der Waals surface area contributed by atoms with E-state index >= 15 is 0 Å². The van der Waals surface area contributed by atoms with Crippen LogP contribution in [0.5, 0.6) is 5.75 Å². The van der Waals surface area contributed by atoms with Crippen LogP contribution >= 0.6 is 0 Å². The van der Waals surface area contributed by atoms with Crippen molar-refractivity contribution in [3.63, 3.8) is 0 Å². The Morgan fingerprint density at radius 1 is 1.11 bits per heavy atom. The Kier molecular flexibility index (Phi) is 4.17. The number of pyridine rings is 1. The third kappa shape index (κ3) is 2.93. The van der Waals surface area contributed by atoms with Gasteiger partial charge in [0, 0.05) is 18.3 Å². The van der Waals surface area contributed by atoms with E-state index < -0.39 is 6.10 Å². The largest absolute Gasteiger partial charge is 0.496 e. The summed E-state index contributed by atoms with van der Waals surface area (Å²) in [5.74, 6) is 0.814. The number of methoxy groups -OCH3 is 1. The van der Waals surface area contributed by atoms with Crippen molar-refractivity contribution in [3.05, 3.63) is 59.4 Å². The smallest absolute Gasteiger partial charge is 0.122 e. The van der Waals surface area contributed by atoms with E-state index in [0.717, 1.165) is 22.4 Å². The Bertz CT molecular complexity index is 540. The van der Waals surface area contributed by atoms with Gasteiger partial charge >= 0.3 is 0 Å². The van der Waals surface area contributed by atoms with Crippen molar-refractivity contribution in [2.24, 2.45) is 0 Å². The highest BCUT2D eigenvalue weighted by Crippen LogP contribution is 2.32. The molecule has 1 aromatic heterocycles. The molecule has 0 amide bonds. The number of aromatic nitrogens is 1. The van der Waals surface area contributed by atoms with Crippen molar-refractivity contribution in [2.75, 3.05) is 7.11 Å². The van der Waals surface area contributed by atoms with Crippen LogP contribution in [0.15, 0.2) is 42.7 Å². The van der Waals surface area contributed by atoms with Gasteiger partial charge in [0.15, 0.2) is 0 Å². The fraction of sp³-hybridized carbons (Fsp3) is 0.312. The van der Waals surface area contributed by atoms with Crippen LogP contribution in [-0.2, 0) is 0 Å². The van der Waals surface area contributed by atoms with Crippen molar-refractivity contribution < 1.29 is 9.84 Å². The molecule has 0 saturated heterocycles. The van der Waals surface area contributed by atoms with Crippen LogP contribution in [0.1, 0.15) is 35.6 Å². The van der Waals surface area contributed by atoms with Crippen molar-refractivity contribution in [1.82, 2.24) is 4.98 Å². The minimum atomic E-state index is -0.558. The highest BCUT2D eigenvalue weighted by Gasteiger charge is 2.19. The second kappa shape index (κ2) is 5.85. The average Bonchev–Trinajstić information content (AvgIpc) is 2.47. The fourth-order valence-corrected chi connectivity index (χ4v) is 2.16. The van der Waals surface area contributed by atoms with Gasteiger partial charge in [-0.2, -0.15) is 0 Å². The zero-order valence-electron chi connectivity index (χ0n) is 11.5. The Labute approximate surface area is 113 Å². The summed E-state index contributed by atoms with van der Waals surface area (Å²) >= 11 is 0. The van der Waals surface area contributed by atoms with E-state index in [1.165, 1.54) is 0 Å². The summed E-state index contributed by atoms with van der Waals surface area (Å²) in [6.45, 7) is 3.99. The van der Waals surface area contributed by atoms with Gasteiger partial charge in [0.1, 0.15) is 5.75 Å². The van der Waals surface area contributed by atoms with Crippen molar-refractivity contribution in [3.8, 4) is 5.75 Å². The molecule has 19 heavy (non-hydrogen) atoms. The maximum absolute atomic E-state index is 10.5. The minimum absolute atomic E-state index is 0.00964. The molecule has 0 radical (unpaired) electrons. The van der Waals surface area contributed by atoms with Crippen LogP contribution in [0, 0.1) is 6.92 Å². The second-order valence-electron chi connectivity index (χ2n) is 4.74. The van der Waals surface area contributed by atoms with Crippen molar-refractivity contribution in [1.29, 1.82) is 0 Å². The van der Waals surface area contributed by atoms with Crippen LogP contribution in [0.2, 0.25) is 0 Å². The molecule has 2 rings (SSSR count). The van der Waals surface area contributed by atoms with Gasteiger partial charge in [0.05, 0.1) is 13.2 Å². The Balaban J connectivity index is 2.26. The third-order valence-electron chi connectivity index (χ3n) is 3.48. The van der Waals surface area contributed by atoms with E-state index in [1.54, 1.807) is 19.5 Å². The molecule has 0 aliphatic heterocycles. The van der Waals surface area contributed by atoms with E-state index in [2.05, 4.69) is 4.98 Å². The molecule has 2 atom stereocenters. The predicted molar refractivity (Wildman–Crippen MR) is 75.3 cm³/mol. The maximum Gasteiger partial charge on any atom is 0.122 e. The molecule has 2 unspecified atom stereocenters. The zero-order chi connectivity index (χ0) is 13.8. The van der Waals surface area contributed by atoms with Gasteiger partial charge in [-0.25, -0.2) is 0 Å². The van der Waals surface area contributed by atoms with Crippen molar-refractivity contribution in [2.45, 2.75) is 25.9 Å². The number of hydrogen-bond donors (Lipinski definition) is 1. The lowest BCUT2D eigenvalue weighted by Crippen LogP contribution is -2.08. The van der Waals surface area contributed by atoms with Crippen LogP contribution in [0.4, 0.5) is 0 Å². The van der Waals surface area contributed by atoms with E-state index in [-0.39, 0.29) is 5.92 Å². The average molecular weight is 257 g/mol. The fourth-order valence-electron chi connectivity index (χ4n) is 2.16. The molecule has 2 aromatic rings. The molecule has 0 saturated carbocycles. The highest BCUT2D eigenvalue weighted by molar-refractivity contribution is 5.38. The maximum atomic E-state index is 10.5. The lowest BCUT2D eigenvalue weighted by Gasteiger charge is -2.20. The Morgan fingerprint density at radius 3 is 2.42 bits per heavy atom. The van der Waals surface area contributed by atoms with Crippen LogP contribution in [0.25, 0.3) is 0 Å². The van der Waals surface area contributed by atoms with Gasteiger partial charge in [0.25, 0.3) is 0 Å². The molecular weight excluding hydrogens is 238 g/mol. The molecule has 0 spiro atoms. The first kappa shape index (κ1) is 13.6. The lowest BCUT2D eigenvalue weighted by molar-refractivity contribution is 0.151. The van der Waals surface area contributed by atoms with E-state index in [9.17, 15) is 5.11 Å². The molecule has 1 N–H and O–H groups in total. The summed E-state index contributed by atoms with van der Waals surface area (Å²) in [4.78, 5) is 4.00. The molecule has 0 aliphatic carbocycles. The Hall–Kier alpha value is -1.87. The summed E-state index contributed by atoms with van der Waals surface area (Å²) < 4.78 is 5.30. The molecule has 3 heteroatoms. The molecular formula is C16H19NO2. The van der Waals surface area contributed by atoms with Gasteiger partial charge in [-0.15, -0.1) is 0 Å². The number of ether oxygens (including phenoxy) is 1. The topological polar surface area (TPSA) is 42.4 Å². The van der Waals surface area contributed by atoms with Crippen LogP contribution in [0.3, 0.4) is 0 Å². The summed E-state index contributed by atoms with van der Waals surface area (Å²) in [7, 11) is 1.64. The minimum Gasteiger partial charge on any atom is -0.496 e. The monoisotopic (exact) mass is 257 g/mol. The number of rotatable bonds is 4. The highest BCUT2D eigenvalue weighted by atomic mass is 16.5. The first-order chi connectivity index (χ1) is 9.13. The van der Waals surface area contributed by atoms with Gasteiger partial charge in [-0.3, -0.25) is 4.98 Å². The van der Waals surface area contributed by atoms with E-state index in [0.29, 0.717) is 0 Å². The number of aliphatic hydroxyl groups is 1. The number of benzene rings is 1. The second-order valence-corrected chi connectivity index (χ2v) is 4.74. The Morgan fingerprint density at radius 2 is 1.79 bits per heavy atom. The van der Waals surface area contributed by atoms with Crippen LogP contribution in [-0.4, -0.2) is 17.2 Å². The van der Waals surface area contributed by atoms with Crippen LogP contribution < -0.4 is 4.74 Å². The molecule has 3 nitrogen and oxygen atoms in total. The van der Waals surface area contributed by atoms with Gasteiger partial charge < -0.3 is 9.84 Å². The molecule has 100 valence electrons. The zero-order valence-corrected chi connectivity index (χ0v) is 11.5. The number of hydrogen-bond acceptors (Lipinski definition) is 3. The van der Waals surface area contributed by atoms with Gasteiger partial charge in [0.2, 0.25) is 0 Å². The molecule has 0 aliphatic rings. The van der Waals surface area contributed by atoms with Crippen molar-refractivity contribution >= 4 is 0 Å². The quantitative estimate of drug-likeness (QED) is 0.914. The first-order valence-corrected chi connectivity index (χ1v) is 6.36. The summed E-state index contributed by atoms with van der Waals surface area (Å²) in [5.41, 5.74) is 3.00. The van der Waals surface area contributed by atoms with E-state index in [1.807, 2.05) is 44.2 Å². The molecule has 1 aromatic carbocycles. The summed E-state index contributed by atoms with van der Waals surface area (Å²) in [6.07, 6.45) is 2.93. The summed E-state index contributed by atoms with van der Waals surface area (Å²) in [5, 5.41) is 10.5. The first-order valence-electron chi connectivity index (χ1n) is 6.36. The number of aryl methyl sites for hydroxylation is 1. The third-order valence-corrected chi connectivity index (χ3v) is 3.48. The lowest BCUT2D eigenvalue weighted by atomic mass is 9.91. The predicted octanol–water partition coefficient (Wildman–Crippen LogP) is 3.24. The molecule has 1 heterocycles. The standard InChI is InChI=1S/C16H19NO2/c1-11-4-5-14(10-15(11)19-3)16(18)12(2)13-6-8-17-9-7-13/h4-10,12,16,18H,1-3H3. The SMILES string of the molecule is COc1cc(C(O)C(C)c2ccncc2)ccc1C. The van der Waals surface area contributed by atoms with Gasteiger partial charge in [-0.05, 0) is 41.8 Å².